The third kappa shape index (κ3) is 4.89. The highest BCUT2D eigenvalue weighted by molar-refractivity contribution is 14.1. The zero-order chi connectivity index (χ0) is 19.9. The first-order chi connectivity index (χ1) is 11.7. The van der Waals surface area contributed by atoms with E-state index in [4.69, 9.17) is 9.16 Å². The van der Waals surface area contributed by atoms with Crippen LogP contribution in [0, 0.1) is 3.70 Å². The minimum Gasteiger partial charge on any atom is -0.443 e. The lowest BCUT2D eigenvalue weighted by Crippen LogP contribution is -2.40. The molecule has 0 atom stereocenters. The van der Waals surface area contributed by atoms with E-state index in [1.807, 2.05) is 39.0 Å². The molecule has 0 amide bonds. The third-order valence-corrected chi connectivity index (χ3v) is 10.1. The molecule has 0 aliphatic heterocycles. The highest BCUT2D eigenvalue weighted by Crippen LogP contribution is 2.37. The van der Waals surface area contributed by atoms with E-state index >= 15 is 0 Å². The molecule has 0 unspecified atom stereocenters. The smallest absolute Gasteiger partial charge is 0.419 e. The van der Waals surface area contributed by atoms with Crippen LogP contribution in [-0.4, -0.2) is 24.6 Å². The Morgan fingerprint density at radius 1 is 1.12 bits per heavy atom. The summed E-state index contributed by atoms with van der Waals surface area (Å²) in [4.78, 5) is 12.5. The molecule has 1 aromatic carbocycles. The zero-order valence-corrected chi connectivity index (χ0v) is 20.2. The van der Waals surface area contributed by atoms with Crippen LogP contribution in [0.15, 0.2) is 24.3 Å². The van der Waals surface area contributed by atoms with Gasteiger partial charge in [-0.25, -0.2) is 9.36 Å². The minimum absolute atomic E-state index is 0.187. The topological polar surface area (TPSA) is 40.5 Å². The van der Waals surface area contributed by atoms with E-state index < -0.39 is 13.9 Å². The Kier molecular flexibility index (Phi) is 6.00. The average Bonchev–Trinajstić information content (AvgIpc) is 2.77. The normalized spacial score (nSPS) is 13.3. The lowest BCUT2D eigenvalue weighted by atomic mass is 10.2. The van der Waals surface area contributed by atoms with Crippen molar-refractivity contribution in [2.75, 3.05) is 0 Å². The van der Waals surface area contributed by atoms with Gasteiger partial charge in [-0.2, -0.15) is 0 Å². The van der Waals surface area contributed by atoms with E-state index in [2.05, 4.69) is 62.5 Å². The predicted molar refractivity (Wildman–Crippen MR) is 118 cm³/mol. The van der Waals surface area contributed by atoms with E-state index in [0.29, 0.717) is 6.61 Å². The fourth-order valence-corrected chi connectivity index (χ4v) is 4.05. The van der Waals surface area contributed by atoms with Crippen molar-refractivity contribution in [2.45, 2.75) is 71.9 Å². The monoisotopic (exact) mass is 487 g/mol. The maximum atomic E-state index is 12.5. The van der Waals surface area contributed by atoms with E-state index in [9.17, 15) is 4.79 Å². The van der Waals surface area contributed by atoms with Crippen LogP contribution in [0.5, 0.6) is 0 Å². The van der Waals surface area contributed by atoms with Gasteiger partial charge in [-0.15, -0.1) is 0 Å². The van der Waals surface area contributed by atoms with Gasteiger partial charge in [-0.05, 0) is 85.3 Å². The van der Waals surface area contributed by atoms with Crippen molar-refractivity contribution in [3.05, 3.63) is 33.5 Å². The molecule has 144 valence electrons. The molecule has 0 spiro atoms. The number of hydrogen-bond donors (Lipinski definition) is 0. The van der Waals surface area contributed by atoms with Gasteiger partial charge in [0.15, 0.2) is 8.32 Å². The summed E-state index contributed by atoms with van der Waals surface area (Å²) >= 11 is 2.17. The fraction of sp³-hybridized carbons (Fsp3) is 0.550. The summed E-state index contributed by atoms with van der Waals surface area (Å²) in [7, 11) is -1.79. The van der Waals surface area contributed by atoms with Crippen molar-refractivity contribution < 1.29 is 14.0 Å². The van der Waals surface area contributed by atoms with Gasteiger partial charge in [0.1, 0.15) is 5.60 Å². The molecule has 1 heterocycles. The van der Waals surface area contributed by atoms with Crippen LogP contribution in [-0.2, 0) is 15.8 Å². The molecule has 6 heteroatoms. The van der Waals surface area contributed by atoms with Gasteiger partial charge >= 0.3 is 6.09 Å². The summed E-state index contributed by atoms with van der Waals surface area (Å²) < 4.78 is 14.3. The molecular formula is C20H30INO3Si. The summed E-state index contributed by atoms with van der Waals surface area (Å²) in [5.41, 5.74) is 1.47. The van der Waals surface area contributed by atoms with Crippen molar-refractivity contribution in [2.24, 2.45) is 0 Å². The number of carbonyl (C=O) groups is 1. The Bertz CT molecular complexity index is 813. The van der Waals surface area contributed by atoms with Gasteiger partial charge in [0, 0.05) is 5.39 Å². The lowest BCUT2D eigenvalue weighted by molar-refractivity contribution is 0.0540. The van der Waals surface area contributed by atoms with Crippen LogP contribution in [0.4, 0.5) is 4.79 Å². The highest BCUT2D eigenvalue weighted by atomic mass is 127. The van der Waals surface area contributed by atoms with E-state index in [-0.39, 0.29) is 11.1 Å². The molecule has 4 nitrogen and oxygen atoms in total. The van der Waals surface area contributed by atoms with Crippen LogP contribution in [0.2, 0.25) is 18.1 Å². The third-order valence-electron chi connectivity index (χ3n) is 4.80. The van der Waals surface area contributed by atoms with Crippen molar-refractivity contribution >= 4 is 47.9 Å². The van der Waals surface area contributed by atoms with E-state index in [1.165, 1.54) is 0 Å². The average molecular weight is 487 g/mol. The molecule has 26 heavy (non-hydrogen) atoms. The first kappa shape index (κ1) is 21.4. The Morgan fingerprint density at radius 2 is 1.73 bits per heavy atom. The van der Waals surface area contributed by atoms with Gasteiger partial charge in [0.05, 0.1) is 15.8 Å². The molecule has 0 radical (unpaired) electrons. The number of ether oxygens (including phenoxy) is 1. The second-order valence-electron chi connectivity index (χ2n) is 9.22. The van der Waals surface area contributed by atoms with Gasteiger partial charge in [0.25, 0.3) is 0 Å². The van der Waals surface area contributed by atoms with Crippen LogP contribution in [0.3, 0.4) is 0 Å². The first-order valence-corrected chi connectivity index (χ1v) is 12.9. The molecule has 1 aromatic heterocycles. The Hall–Kier alpha value is -0.863. The summed E-state index contributed by atoms with van der Waals surface area (Å²) in [5.74, 6) is 0. The Morgan fingerprint density at radius 3 is 2.27 bits per heavy atom. The van der Waals surface area contributed by atoms with Crippen molar-refractivity contribution in [3.63, 3.8) is 0 Å². The second-order valence-corrected chi connectivity index (χ2v) is 15.1. The number of aromatic nitrogens is 1. The molecule has 2 aromatic rings. The maximum absolute atomic E-state index is 12.5. The molecule has 0 saturated carbocycles. The largest absolute Gasteiger partial charge is 0.443 e. The van der Waals surface area contributed by atoms with Crippen molar-refractivity contribution in [1.29, 1.82) is 0 Å². The Balaban J connectivity index is 2.27. The van der Waals surface area contributed by atoms with E-state index in [0.717, 1.165) is 20.2 Å². The quantitative estimate of drug-likeness (QED) is 0.364. The van der Waals surface area contributed by atoms with Gasteiger partial charge < -0.3 is 9.16 Å². The second kappa shape index (κ2) is 7.28. The standard InChI is InChI=1S/C20H30INO3Si/c1-19(2,3)25-18(23)22-16-10-9-14(11-15(16)12-17(22)21)13-24-26(7,8)20(4,5)6/h9-12H,13H2,1-8H3. The first-order valence-electron chi connectivity index (χ1n) is 8.88. The molecule has 0 fully saturated rings. The summed E-state index contributed by atoms with van der Waals surface area (Å²) in [5, 5.41) is 1.21. The molecule has 0 saturated heterocycles. The fourth-order valence-electron chi connectivity index (χ4n) is 2.29. The van der Waals surface area contributed by atoms with Crippen molar-refractivity contribution in [3.8, 4) is 0 Å². The van der Waals surface area contributed by atoms with E-state index in [1.54, 1.807) is 4.57 Å². The van der Waals surface area contributed by atoms with Gasteiger partial charge in [-0.3, -0.25) is 0 Å². The predicted octanol–water partition coefficient (Wildman–Crippen LogP) is 6.55. The number of benzene rings is 1. The zero-order valence-electron chi connectivity index (χ0n) is 17.1. The van der Waals surface area contributed by atoms with Crippen molar-refractivity contribution in [1.82, 2.24) is 4.57 Å². The number of rotatable bonds is 3. The summed E-state index contributed by atoms with van der Waals surface area (Å²) in [6, 6.07) is 8.12. The summed E-state index contributed by atoms with van der Waals surface area (Å²) in [6.45, 7) is 17.5. The summed E-state index contributed by atoms with van der Waals surface area (Å²) in [6.07, 6.45) is -0.345. The highest BCUT2D eigenvalue weighted by Gasteiger charge is 2.37. The molecule has 0 aliphatic carbocycles. The van der Waals surface area contributed by atoms with Gasteiger partial charge in [0.2, 0.25) is 0 Å². The minimum atomic E-state index is -1.79. The van der Waals surface area contributed by atoms with Gasteiger partial charge in [-0.1, -0.05) is 26.8 Å². The molecular weight excluding hydrogens is 457 g/mol. The number of carbonyl (C=O) groups excluding carboxylic acids is 1. The molecule has 0 aliphatic rings. The van der Waals surface area contributed by atoms with Crippen LogP contribution >= 0.6 is 22.6 Å². The Labute approximate surface area is 171 Å². The molecule has 0 bridgehead atoms. The number of hydrogen-bond acceptors (Lipinski definition) is 3. The number of halogens is 1. The molecule has 0 N–H and O–H groups in total. The van der Waals surface area contributed by atoms with Crippen LogP contribution in [0.25, 0.3) is 10.9 Å². The molecule has 2 rings (SSSR count). The SMILES string of the molecule is CC(C)(C)OC(=O)n1c(I)cc2cc(CO[Si](C)(C)C(C)(C)C)ccc21. The van der Waals surface area contributed by atoms with Crippen LogP contribution < -0.4 is 0 Å². The maximum Gasteiger partial charge on any atom is 0.419 e. The lowest BCUT2D eigenvalue weighted by Gasteiger charge is -2.36. The number of fused-ring (bicyclic) bond motifs is 1. The van der Waals surface area contributed by atoms with Crippen LogP contribution in [0.1, 0.15) is 47.1 Å². The number of nitrogens with zero attached hydrogens (tertiary/aromatic N) is 1.